The molecule has 1 aliphatic rings. The molecule has 0 radical (unpaired) electrons. The highest BCUT2D eigenvalue weighted by molar-refractivity contribution is 5.81. The van der Waals surface area contributed by atoms with Crippen molar-refractivity contribution in [2.24, 2.45) is 11.8 Å². The number of hydrogen-bond acceptors (Lipinski definition) is 2. The zero-order chi connectivity index (χ0) is 12.7. The van der Waals surface area contributed by atoms with Gasteiger partial charge in [-0.1, -0.05) is 13.8 Å². The van der Waals surface area contributed by atoms with Crippen molar-refractivity contribution in [1.82, 2.24) is 9.78 Å². The molecule has 2 N–H and O–H groups in total. The van der Waals surface area contributed by atoms with Crippen LogP contribution < -0.4 is 5.73 Å². The van der Waals surface area contributed by atoms with E-state index in [9.17, 15) is 0 Å². The van der Waals surface area contributed by atoms with E-state index in [2.05, 4.69) is 29.7 Å². The van der Waals surface area contributed by atoms with Crippen molar-refractivity contribution in [2.45, 2.75) is 39.2 Å². The average Bonchev–Trinajstić information content (AvgIpc) is 2.75. The Morgan fingerprint density at radius 2 is 2.06 bits per heavy atom. The minimum absolute atomic E-state index is 0.538. The van der Waals surface area contributed by atoms with Crippen molar-refractivity contribution >= 4 is 16.6 Å². The van der Waals surface area contributed by atoms with Crippen LogP contribution in [0, 0.1) is 11.8 Å². The molecule has 1 aromatic heterocycles. The summed E-state index contributed by atoms with van der Waals surface area (Å²) >= 11 is 0. The molecular formula is C15H21N3. The third-order valence-corrected chi connectivity index (χ3v) is 4.54. The summed E-state index contributed by atoms with van der Waals surface area (Å²) in [5.74, 6) is 1.62. The summed E-state index contributed by atoms with van der Waals surface area (Å²) in [7, 11) is 0. The number of nitrogens with two attached hydrogens (primary N) is 1. The van der Waals surface area contributed by atoms with Gasteiger partial charge in [0.1, 0.15) is 0 Å². The molecule has 0 bridgehead atoms. The molecule has 0 amide bonds. The Bertz CT molecular complexity index is 558. The van der Waals surface area contributed by atoms with Gasteiger partial charge in [0.15, 0.2) is 0 Å². The van der Waals surface area contributed by atoms with Crippen LogP contribution in [0.2, 0.25) is 0 Å². The lowest BCUT2D eigenvalue weighted by atomic mass is 9.79. The number of fused-ring (bicyclic) bond motifs is 1. The summed E-state index contributed by atoms with van der Waals surface area (Å²) in [4.78, 5) is 0. The van der Waals surface area contributed by atoms with Gasteiger partial charge < -0.3 is 5.73 Å². The lowest BCUT2D eigenvalue weighted by Gasteiger charge is -2.32. The summed E-state index contributed by atoms with van der Waals surface area (Å²) in [5, 5.41) is 5.77. The number of hydrogen-bond donors (Lipinski definition) is 1. The largest absolute Gasteiger partial charge is 0.399 e. The first-order chi connectivity index (χ1) is 8.65. The second kappa shape index (κ2) is 4.30. The molecule has 3 atom stereocenters. The van der Waals surface area contributed by atoms with Crippen LogP contribution in [0.25, 0.3) is 10.9 Å². The molecule has 3 rings (SSSR count). The fourth-order valence-corrected chi connectivity index (χ4v) is 3.09. The first-order valence-electron chi connectivity index (χ1n) is 6.88. The first kappa shape index (κ1) is 11.6. The van der Waals surface area contributed by atoms with E-state index in [1.54, 1.807) is 0 Å². The Kier molecular flexibility index (Phi) is 2.77. The highest BCUT2D eigenvalue weighted by atomic mass is 15.3. The van der Waals surface area contributed by atoms with Crippen LogP contribution in [0.3, 0.4) is 0 Å². The number of nitrogen functional groups attached to an aromatic ring is 1. The fourth-order valence-electron chi connectivity index (χ4n) is 3.09. The lowest BCUT2D eigenvalue weighted by Crippen LogP contribution is -2.23. The molecule has 3 nitrogen and oxygen atoms in total. The van der Waals surface area contributed by atoms with Gasteiger partial charge in [-0.25, -0.2) is 0 Å². The minimum atomic E-state index is 0.538. The minimum Gasteiger partial charge on any atom is -0.399 e. The van der Waals surface area contributed by atoms with Gasteiger partial charge in [0, 0.05) is 11.1 Å². The molecule has 3 unspecified atom stereocenters. The molecule has 1 aromatic carbocycles. The van der Waals surface area contributed by atoms with Gasteiger partial charge >= 0.3 is 0 Å². The van der Waals surface area contributed by atoms with Crippen molar-refractivity contribution in [2.75, 3.05) is 5.73 Å². The van der Waals surface area contributed by atoms with Gasteiger partial charge in [0.2, 0.25) is 0 Å². The number of anilines is 1. The predicted molar refractivity (Wildman–Crippen MR) is 75.4 cm³/mol. The Morgan fingerprint density at radius 1 is 1.22 bits per heavy atom. The molecule has 0 spiro atoms. The van der Waals surface area contributed by atoms with Crippen LogP contribution in [0.1, 0.15) is 39.2 Å². The number of benzene rings is 1. The quantitative estimate of drug-likeness (QED) is 0.777. The first-order valence-corrected chi connectivity index (χ1v) is 6.88. The van der Waals surface area contributed by atoms with Gasteiger partial charge in [0.05, 0.1) is 17.8 Å². The zero-order valence-electron chi connectivity index (χ0n) is 11.1. The molecule has 2 aromatic rings. The third-order valence-electron chi connectivity index (χ3n) is 4.54. The smallest absolute Gasteiger partial charge is 0.0706 e. The van der Waals surface area contributed by atoms with Crippen LogP contribution >= 0.6 is 0 Å². The van der Waals surface area contributed by atoms with Crippen molar-refractivity contribution < 1.29 is 0 Å². The summed E-state index contributed by atoms with van der Waals surface area (Å²) in [6.45, 7) is 4.72. The van der Waals surface area contributed by atoms with E-state index in [-0.39, 0.29) is 0 Å². The van der Waals surface area contributed by atoms with Crippen LogP contribution in [0.4, 0.5) is 5.69 Å². The molecule has 18 heavy (non-hydrogen) atoms. The summed E-state index contributed by atoms with van der Waals surface area (Å²) < 4.78 is 2.19. The maximum absolute atomic E-state index is 5.89. The van der Waals surface area contributed by atoms with Gasteiger partial charge in [-0.15, -0.1) is 0 Å². The van der Waals surface area contributed by atoms with E-state index in [1.807, 2.05) is 18.3 Å². The number of rotatable bonds is 1. The molecule has 0 saturated heterocycles. The second-order valence-corrected chi connectivity index (χ2v) is 5.83. The van der Waals surface area contributed by atoms with Crippen LogP contribution in [-0.4, -0.2) is 9.78 Å². The van der Waals surface area contributed by atoms with E-state index in [0.717, 1.165) is 17.5 Å². The van der Waals surface area contributed by atoms with Crippen LogP contribution in [0.15, 0.2) is 24.4 Å². The van der Waals surface area contributed by atoms with Gasteiger partial charge in [0.25, 0.3) is 0 Å². The topological polar surface area (TPSA) is 43.8 Å². The van der Waals surface area contributed by atoms with E-state index in [0.29, 0.717) is 6.04 Å². The van der Waals surface area contributed by atoms with Crippen molar-refractivity contribution in [3.63, 3.8) is 0 Å². The third kappa shape index (κ3) is 1.88. The fraction of sp³-hybridized carbons (Fsp3) is 0.533. The Balaban J connectivity index is 1.97. The molecule has 3 heteroatoms. The van der Waals surface area contributed by atoms with Crippen molar-refractivity contribution in [3.05, 3.63) is 24.4 Å². The van der Waals surface area contributed by atoms with E-state index < -0.39 is 0 Å². The monoisotopic (exact) mass is 243 g/mol. The van der Waals surface area contributed by atoms with E-state index in [4.69, 9.17) is 5.73 Å². The summed E-state index contributed by atoms with van der Waals surface area (Å²) in [5.41, 5.74) is 7.89. The number of nitrogens with zero attached hydrogens (tertiary/aromatic N) is 2. The highest BCUT2D eigenvalue weighted by Gasteiger charge is 2.26. The summed E-state index contributed by atoms with van der Waals surface area (Å²) in [6, 6.07) is 6.59. The van der Waals surface area contributed by atoms with Gasteiger partial charge in [-0.2, -0.15) is 5.10 Å². The van der Waals surface area contributed by atoms with E-state index in [1.165, 1.54) is 30.2 Å². The normalized spacial score (nSPS) is 28.7. The van der Waals surface area contributed by atoms with Crippen LogP contribution in [0.5, 0.6) is 0 Å². The van der Waals surface area contributed by atoms with Gasteiger partial charge in [-0.05, 0) is 49.3 Å². The Morgan fingerprint density at radius 3 is 2.83 bits per heavy atom. The Labute approximate surface area is 108 Å². The Hall–Kier alpha value is -1.51. The van der Waals surface area contributed by atoms with Crippen molar-refractivity contribution in [1.29, 1.82) is 0 Å². The SMILES string of the molecule is CC1CCC(n2ncc3ccc(N)cc32)CC1C. The van der Waals surface area contributed by atoms with Crippen LogP contribution in [-0.2, 0) is 0 Å². The maximum Gasteiger partial charge on any atom is 0.0706 e. The molecule has 96 valence electrons. The molecule has 1 heterocycles. The van der Waals surface area contributed by atoms with Gasteiger partial charge in [-0.3, -0.25) is 4.68 Å². The zero-order valence-corrected chi connectivity index (χ0v) is 11.1. The predicted octanol–water partition coefficient (Wildman–Crippen LogP) is 3.62. The lowest BCUT2D eigenvalue weighted by molar-refractivity contribution is 0.204. The molecular weight excluding hydrogens is 222 g/mol. The standard InChI is InChI=1S/C15H21N3/c1-10-3-6-14(7-11(10)2)18-15-8-13(16)5-4-12(15)9-17-18/h4-5,8-11,14H,3,6-7,16H2,1-2H3. The molecule has 1 aliphatic carbocycles. The second-order valence-electron chi connectivity index (χ2n) is 5.83. The molecule has 1 saturated carbocycles. The maximum atomic E-state index is 5.89. The number of aromatic nitrogens is 2. The van der Waals surface area contributed by atoms with E-state index >= 15 is 0 Å². The van der Waals surface area contributed by atoms with Crippen molar-refractivity contribution in [3.8, 4) is 0 Å². The molecule has 0 aliphatic heterocycles. The summed E-state index contributed by atoms with van der Waals surface area (Å²) in [6.07, 6.45) is 5.72. The molecule has 1 fully saturated rings. The average molecular weight is 243 g/mol. The highest BCUT2D eigenvalue weighted by Crippen LogP contribution is 2.37.